The average Bonchev–Trinajstić information content (AvgIpc) is 3.03. The zero-order chi connectivity index (χ0) is 14.7. The van der Waals surface area contributed by atoms with Crippen LogP contribution < -0.4 is 5.73 Å². The zero-order valence-corrected chi connectivity index (χ0v) is 13.2. The number of ether oxygens (including phenoxy) is 1. The molecule has 0 aromatic rings. The molecule has 2 saturated carbocycles. The molecule has 0 radical (unpaired) electrons. The summed E-state index contributed by atoms with van der Waals surface area (Å²) in [6.07, 6.45) is 10.8. The predicted octanol–water partition coefficient (Wildman–Crippen LogP) is 2.31. The maximum atomic E-state index is 12.5. The van der Waals surface area contributed by atoms with Gasteiger partial charge in [-0.3, -0.25) is 9.69 Å². The van der Waals surface area contributed by atoms with Gasteiger partial charge in [-0.2, -0.15) is 0 Å². The third-order valence-corrected chi connectivity index (χ3v) is 6.09. The summed E-state index contributed by atoms with van der Waals surface area (Å²) in [6, 6.07) is 0.363. The molecule has 3 rings (SSSR count). The van der Waals surface area contributed by atoms with Crippen molar-refractivity contribution in [3.05, 3.63) is 0 Å². The standard InChI is InChI=1S/C17H30N2O2/c18-16(20)17(8-4-1-5-9-17)15(14-6-2-3-7-14)19-10-12-21-13-11-19/h14-15H,1-13H2,(H2,18,20). The zero-order valence-electron chi connectivity index (χ0n) is 13.2. The van der Waals surface area contributed by atoms with E-state index < -0.39 is 0 Å². The number of amides is 1. The Morgan fingerprint density at radius 3 is 2.24 bits per heavy atom. The molecular formula is C17H30N2O2. The van der Waals surface area contributed by atoms with Crippen LogP contribution in [0.5, 0.6) is 0 Å². The van der Waals surface area contributed by atoms with Crippen molar-refractivity contribution in [1.82, 2.24) is 4.90 Å². The molecule has 1 heterocycles. The average molecular weight is 294 g/mol. The number of nitrogens with two attached hydrogens (primary N) is 1. The summed E-state index contributed by atoms with van der Waals surface area (Å²) in [5.74, 6) is 0.624. The van der Waals surface area contributed by atoms with Gasteiger partial charge in [0.05, 0.1) is 18.6 Å². The molecule has 0 bridgehead atoms. The molecule has 4 heteroatoms. The Morgan fingerprint density at radius 2 is 1.67 bits per heavy atom. The Balaban J connectivity index is 1.89. The highest BCUT2D eigenvalue weighted by Crippen LogP contribution is 2.47. The molecule has 21 heavy (non-hydrogen) atoms. The molecule has 0 aromatic heterocycles. The lowest BCUT2D eigenvalue weighted by Crippen LogP contribution is -2.60. The maximum absolute atomic E-state index is 12.5. The van der Waals surface area contributed by atoms with Crippen molar-refractivity contribution in [2.24, 2.45) is 17.1 Å². The van der Waals surface area contributed by atoms with E-state index in [2.05, 4.69) is 4.90 Å². The van der Waals surface area contributed by atoms with Crippen molar-refractivity contribution in [3.8, 4) is 0 Å². The smallest absolute Gasteiger partial charge is 0.225 e. The molecule has 2 N–H and O–H groups in total. The SMILES string of the molecule is NC(=O)C1(C(C2CCCC2)N2CCOCC2)CCCCC1. The van der Waals surface area contributed by atoms with E-state index in [0.717, 1.165) is 52.0 Å². The Bertz CT molecular complexity index is 354. The van der Waals surface area contributed by atoms with Gasteiger partial charge in [-0.1, -0.05) is 32.1 Å². The van der Waals surface area contributed by atoms with Crippen molar-refractivity contribution in [2.45, 2.75) is 63.8 Å². The normalized spacial score (nSPS) is 29.3. The van der Waals surface area contributed by atoms with Gasteiger partial charge in [0.1, 0.15) is 0 Å². The van der Waals surface area contributed by atoms with Gasteiger partial charge in [-0.05, 0) is 31.6 Å². The first-order chi connectivity index (χ1) is 10.2. The third-order valence-electron chi connectivity index (χ3n) is 6.09. The summed E-state index contributed by atoms with van der Waals surface area (Å²) in [5.41, 5.74) is 5.71. The van der Waals surface area contributed by atoms with Gasteiger partial charge in [0.25, 0.3) is 0 Å². The van der Waals surface area contributed by atoms with Crippen LogP contribution in [0.25, 0.3) is 0 Å². The summed E-state index contributed by atoms with van der Waals surface area (Å²) in [6.45, 7) is 3.54. The van der Waals surface area contributed by atoms with Crippen LogP contribution in [0.1, 0.15) is 57.8 Å². The quantitative estimate of drug-likeness (QED) is 0.865. The van der Waals surface area contributed by atoms with Crippen LogP contribution in [0.4, 0.5) is 0 Å². The van der Waals surface area contributed by atoms with Gasteiger partial charge in [-0.25, -0.2) is 0 Å². The van der Waals surface area contributed by atoms with Gasteiger partial charge in [0, 0.05) is 19.1 Å². The van der Waals surface area contributed by atoms with Crippen molar-refractivity contribution in [2.75, 3.05) is 26.3 Å². The summed E-state index contributed by atoms with van der Waals surface area (Å²) < 4.78 is 5.54. The summed E-state index contributed by atoms with van der Waals surface area (Å²) in [4.78, 5) is 15.0. The molecule has 0 spiro atoms. The highest BCUT2D eigenvalue weighted by molar-refractivity contribution is 5.82. The Kier molecular flexibility index (Phi) is 4.85. The fourth-order valence-corrected chi connectivity index (χ4v) is 5.10. The summed E-state index contributed by atoms with van der Waals surface area (Å²) >= 11 is 0. The van der Waals surface area contributed by atoms with Gasteiger partial charge in [-0.15, -0.1) is 0 Å². The number of hydrogen-bond acceptors (Lipinski definition) is 3. The minimum Gasteiger partial charge on any atom is -0.379 e. The molecule has 1 atom stereocenters. The van der Waals surface area contributed by atoms with E-state index in [-0.39, 0.29) is 11.3 Å². The lowest BCUT2D eigenvalue weighted by atomic mass is 9.64. The number of primary amides is 1. The van der Waals surface area contributed by atoms with Crippen LogP contribution in [0.2, 0.25) is 0 Å². The predicted molar refractivity (Wildman–Crippen MR) is 82.9 cm³/mol. The van der Waals surface area contributed by atoms with Crippen LogP contribution in [-0.2, 0) is 9.53 Å². The van der Waals surface area contributed by atoms with E-state index in [1.54, 1.807) is 0 Å². The molecule has 1 amide bonds. The molecule has 0 aromatic carbocycles. The fraction of sp³-hybridized carbons (Fsp3) is 0.941. The second-order valence-corrected chi connectivity index (χ2v) is 7.22. The van der Waals surface area contributed by atoms with E-state index in [0.29, 0.717) is 12.0 Å². The van der Waals surface area contributed by atoms with Gasteiger partial charge in [0.2, 0.25) is 5.91 Å². The van der Waals surface area contributed by atoms with Crippen LogP contribution in [0.15, 0.2) is 0 Å². The Hall–Kier alpha value is -0.610. The largest absolute Gasteiger partial charge is 0.379 e. The third kappa shape index (κ3) is 2.98. The van der Waals surface area contributed by atoms with Gasteiger partial charge >= 0.3 is 0 Å². The Morgan fingerprint density at radius 1 is 1.05 bits per heavy atom. The second-order valence-electron chi connectivity index (χ2n) is 7.22. The maximum Gasteiger partial charge on any atom is 0.225 e. The highest BCUT2D eigenvalue weighted by atomic mass is 16.5. The van der Waals surface area contributed by atoms with Gasteiger partial charge < -0.3 is 10.5 Å². The van der Waals surface area contributed by atoms with Crippen LogP contribution in [0, 0.1) is 11.3 Å². The minimum atomic E-state index is -0.273. The van der Waals surface area contributed by atoms with Gasteiger partial charge in [0.15, 0.2) is 0 Å². The molecule has 1 unspecified atom stereocenters. The molecule has 2 aliphatic carbocycles. The van der Waals surface area contributed by atoms with E-state index in [4.69, 9.17) is 10.5 Å². The van der Waals surface area contributed by atoms with Crippen molar-refractivity contribution in [3.63, 3.8) is 0 Å². The number of hydrogen-bond donors (Lipinski definition) is 1. The number of morpholine rings is 1. The molecule has 120 valence electrons. The number of carbonyl (C=O) groups excluding carboxylic acids is 1. The van der Waals surface area contributed by atoms with Crippen molar-refractivity contribution < 1.29 is 9.53 Å². The molecule has 3 aliphatic rings. The monoisotopic (exact) mass is 294 g/mol. The number of nitrogens with zero attached hydrogens (tertiary/aromatic N) is 1. The van der Waals surface area contributed by atoms with Crippen LogP contribution in [-0.4, -0.2) is 43.2 Å². The molecule has 1 aliphatic heterocycles. The lowest BCUT2D eigenvalue weighted by molar-refractivity contribution is -0.139. The van der Waals surface area contributed by atoms with Crippen LogP contribution >= 0.6 is 0 Å². The summed E-state index contributed by atoms with van der Waals surface area (Å²) in [7, 11) is 0. The van der Waals surface area contributed by atoms with E-state index in [1.807, 2.05) is 0 Å². The topological polar surface area (TPSA) is 55.6 Å². The highest BCUT2D eigenvalue weighted by Gasteiger charge is 2.50. The second kappa shape index (κ2) is 6.66. The van der Waals surface area contributed by atoms with E-state index in [9.17, 15) is 4.79 Å². The first-order valence-corrected chi connectivity index (χ1v) is 8.86. The molecule has 1 saturated heterocycles. The summed E-state index contributed by atoms with van der Waals surface area (Å²) in [5, 5.41) is 0. The molecular weight excluding hydrogens is 264 g/mol. The van der Waals surface area contributed by atoms with E-state index in [1.165, 1.54) is 32.1 Å². The number of carbonyl (C=O) groups is 1. The minimum absolute atomic E-state index is 0.0365. The number of rotatable bonds is 4. The first-order valence-electron chi connectivity index (χ1n) is 8.86. The lowest BCUT2D eigenvalue weighted by Gasteiger charge is -2.50. The molecule has 4 nitrogen and oxygen atoms in total. The van der Waals surface area contributed by atoms with Crippen molar-refractivity contribution in [1.29, 1.82) is 0 Å². The fourth-order valence-electron chi connectivity index (χ4n) is 5.10. The van der Waals surface area contributed by atoms with E-state index >= 15 is 0 Å². The molecule has 3 fully saturated rings. The van der Waals surface area contributed by atoms with Crippen molar-refractivity contribution >= 4 is 5.91 Å². The Labute approximate surface area is 128 Å². The van der Waals surface area contributed by atoms with Crippen LogP contribution in [0.3, 0.4) is 0 Å². The first kappa shape index (κ1) is 15.3.